The van der Waals surface area contributed by atoms with Gasteiger partial charge in [0.15, 0.2) is 0 Å². The van der Waals surface area contributed by atoms with Gasteiger partial charge < -0.3 is 14.7 Å². The van der Waals surface area contributed by atoms with Crippen LogP contribution in [0.3, 0.4) is 0 Å². The largest absolute Gasteiger partial charge is 0.506 e. The van der Waals surface area contributed by atoms with Crippen LogP contribution in [0.25, 0.3) is 0 Å². The number of rotatable bonds is 3. The van der Waals surface area contributed by atoms with Crippen molar-refractivity contribution in [2.45, 2.75) is 12.0 Å². The van der Waals surface area contributed by atoms with Crippen LogP contribution < -0.4 is 0 Å². The van der Waals surface area contributed by atoms with Gasteiger partial charge in [-0.25, -0.2) is 4.79 Å². The van der Waals surface area contributed by atoms with E-state index in [1.54, 1.807) is 9.80 Å². The zero-order valence-electron chi connectivity index (χ0n) is 14.2. The Morgan fingerprint density at radius 3 is 2.81 bits per heavy atom. The minimum absolute atomic E-state index is 0.0483. The number of hydrogen-bond acceptors (Lipinski definition) is 5. The number of carbonyl (C=O) groups excluding carboxylic acids is 2. The third-order valence-corrected chi connectivity index (χ3v) is 4.97. The van der Waals surface area contributed by atoms with Crippen molar-refractivity contribution < 1.29 is 19.4 Å². The molecule has 0 radical (unpaired) electrons. The minimum atomic E-state index is -0.573. The van der Waals surface area contributed by atoms with E-state index in [4.69, 9.17) is 4.74 Å². The highest BCUT2D eigenvalue weighted by atomic mass is 16.6. The van der Waals surface area contributed by atoms with E-state index in [-0.39, 0.29) is 24.4 Å². The summed E-state index contributed by atoms with van der Waals surface area (Å²) in [5.41, 5.74) is 0.846. The summed E-state index contributed by atoms with van der Waals surface area (Å²) >= 11 is 0. The van der Waals surface area contributed by atoms with E-state index < -0.39 is 5.54 Å². The first-order valence-corrected chi connectivity index (χ1v) is 8.49. The predicted molar refractivity (Wildman–Crippen MR) is 92.7 cm³/mol. The fourth-order valence-corrected chi connectivity index (χ4v) is 3.74. The van der Waals surface area contributed by atoms with Crippen molar-refractivity contribution in [1.29, 1.82) is 0 Å². The summed E-state index contributed by atoms with van der Waals surface area (Å²) in [6.07, 6.45) is 3.01. The molecule has 2 aliphatic heterocycles. The van der Waals surface area contributed by atoms with E-state index >= 15 is 0 Å². The summed E-state index contributed by atoms with van der Waals surface area (Å²) in [6, 6.07) is 11.3. The maximum Gasteiger partial charge on any atom is 0.410 e. The van der Waals surface area contributed by atoms with Gasteiger partial charge in [0.05, 0.1) is 11.8 Å². The Morgan fingerprint density at radius 2 is 2.04 bits per heavy atom. The van der Waals surface area contributed by atoms with Crippen molar-refractivity contribution in [3.63, 3.8) is 0 Å². The van der Waals surface area contributed by atoms with Crippen LogP contribution in [0, 0.1) is 0 Å². The zero-order chi connectivity index (χ0) is 18.1. The van der Waals surface area contributed by atoms with Gasteiger partial charge >= 0.3 is 6.09 Å². The summed E-state index contributed by atoms with van der Waals surface area (Å²) in [7, 11) is 0. The van der Waals surface area contributed by atoms with Crippen molar-refractivity contribution in [1.82, 2.24) is 14.8 Å². The van der Waals surface area contributed by atoms with Gasteiger partial charge in [0, 0.05) is 32.3 Å². The summed E-state index contributed by atoms with van der Waals surface area (Å²) in [4.78, 5) is 32.3. The summed E-state index contributed by atoms with van der Waals surface area (Å²) in [5.74, 6) is -0.257. The fraction of sp³-hybridized carbons (Fsp3) is 0.316. The van der Waals surface area contributed by atoms with Crippen LogP contribution in [-0.2, 0) is 11.2 Å². The Labute approximate surface area is 150 Å². The van der Waals surface area contributed by atoms with Gasteiger partial charge in [-0.15, -0.1) is 0 Å². The summed E-state index contributed by atoms with van der Waals surface area (Å²) in [6.45, 7) is 1.47. The molecule has 3 heterocycles. The van der Waals surface area contributed by atoms with E-state index in [0.717, 1.165) is 5.56 Å². The molecule has 1 N–H and O–H groups in total. The number of pyridine rings is 1. The van der Waals surface area contributed by atoms with E-state index in [9.17, 15) is 14.7 Å². The number of benzene rings is 1. The number of fused-ring (bicyclic) bond motifs is 1. The molecular formula is C19H19N3O4. The van der Waals surface area contributed by atoms with Crippen LogP contribution in [-0.4, -0.2) is 63.7 Å². The van der Waals surface area contributed by atoms with Crippen molar-refractivity contribution in [2.24, 2.45) is 0 Å². The van der Waals surface area contributed by atoms with Crippen molar-refractivity contribution in [3.8, 4) is 5.75 Å². The van der Waals surface area contributed by atoms with Gasteiger partial charge in [0.2, 0.25) is 0 Å². The number of aromatic hydroxyl groups is 1. The lowest BCUT2D eigenvalue weighted by Gasteiger charge is -2.44. The molecule has 2 saturated heterocycles. The number of piperazine rings is 1. The lowest BCUT2D eigenvalue weighted by molar-refractivity contribution is 0.0375. The molecule has 4 rings (SSSR count). The number of carbonyl (C=O) groups is 2. The average molecular weight is 353 g/mol. The van der Waals surface area contributed by atoms with E-state index in [2.05, 4.69) is 4.98 Å². The van der Waals surface area contributed by atoms with E-state index in [1.807, 2.05) is 30.3 Å². The monoisotopic (exact) mass is 353 g/mol. The predicted octanol–water partition coefficient (Wildman–Crippen LogP) is 1.68. The Kier molecular flexibility index (Phi) is 3.99. The highest BCUT2D eigenvalue weighted by Gasteiger charge is 2.51. The standard InChI is InChI=1S/C19H19N3O4/c23-16-8-15(10-20-11-16)17(24)21-6-7-22-18(25)26-13-19(22,12-21)9-14-4-2-1-3-5-14/h1-5,8,10-11,23H,6-7,9,12-13H2. The van der Waals surface area contributed by atoms with Crippen LogP contribution in [0.1, 0.15) is 15.9 Å². The fourth-order valence-electron chi connectivity index (χ4n) is 3.74. The number of nitrogens with zero attached hydrogens (tertiary/aromatic N) is 3. The Bertz CT molecular complexity index is 842. The van der Waals surface area contributed by atoms with Gasteiger partial charge in [-0.2, -0.15) is 0 Å². The molecule has 2 aliphatic rings. The summed E-state index contributed by atoms with van der Waals surface area (Å²) in [5, 5.41) is 9.58. The molecule has 7 heteroatoms. The van der Waals surface area contributed by atoms with Crippen molar-refractivity contribution in [2.75, 3.05) is 26.2 Å². The van der Waals surface area contributed by atoms with Gasteiger partial charge in [0.25, 0.3) is 5.91 Å². The Balaban J connectivity index is 1.61. The molecule has 134 valence electrons. The topological polar surface area (TPSA) is 83.0 Å². The first-order valence-electron chi connectivity index (χ1n) is 8.49. The molecule has 1 aromatic carbocycles. The van der Waals surface area contributed by atoms with Crippen LogP contribution >= 0.6 is 0 Å². The Morgan fingerprint density at radius 1 is 1.23 bits per heavy atom. The van der Waals surface area contributed by atoms with Crippen LogP contribution in [0.5, 0.6) is 5.75 Å². The third kappa shape index (κ3) is 2.85. The lowest BCUT2D eigenvalue weighted by atomic mass is 9.88. The number of ether oxygens (including phenoxy) is 1. The van der Waals surface area contributed by atoms with Gasteiger partial charge in [-0.05, 0) is 11.6 Å². The minimum Gasteiger partial charge on any atom is -0.506 e. The van der Waals surface area contributed by atoms with Crippen molar-refractivity contribution in [3.05, 3.63) is 59.9 Å². The molecule has 1 aromatic heterocycles. The second-order valence-electron chi connectivity index (χ2n) is 6.75. The van der Waals surface area contributed by atoms with Crippen LogP contribution in [0.15, 0.2) is 48.8 Å². The highest BCUT2D eigenvalue weighted by Crippen LogP contribution is 2.33. The normalized spacial score (nSPS) is 22.1. The van der Waals surface area contributed by atoms with E-state index in [1.165, 1.54) is 18.5 Å². The molecule has 1 unspecified atom stereocenters. The molecular weight excluding hydrogens is 334 g/mol. The smallest absolute Gasteiger partial charge is 0.410 e. The lowest BCUT2D eigenvalue weighted by Crippen LogP contribution is -2.63. The second kappa shape index (κ2) is 6.33. The van der Waals surface area contributed by atoms with Gasteiger partial charge in [-0.3, -0.25) is 14.7 Å². The molecule has 0 bridgehead atoms. The first-order chi connectivity index (χ1) is 12.6. The quantitative estimate of drug-likeness (QED) is 0.908. The molecule has 7 nitrogen and oxygen atoms in total. The molecule has 2 fully saturated rings. The van der Waals surface area contributed by atoms with Gasteiger partial charge in [-0.1, -0.05) is 30.3 Å². The average Bonchev–Trinajstić information content (AvgIpc) is 2.98. The second-order valence-corrected chi connectivity index (χ2v) is 6.75. The molecule has 0 saturated carbocycles. The Hall–Kier alpha value is -3.09. The van der Waals surface area contributed by atoms with Crippen LogP contribution in [0.4, 0.5) is 4.79 Å². The van der Waals surface area contributed by atoms with Crippen molar-refractivity contribution >= 4 is 12.0 Å². The van der Waals surface area contributed by atoms with Crippen LogP contribution in [0.2, 0.25) is 0 Å². The molecule has 1 atom stereocenters. The number of cyclic esters (lactones) is 1. The number of amides is 2. The molecule has 0 spiro atoms. The first kappa shape index (κ1) is 16.4. The number of aromatic nitrogens is 1. The highest BCUT2D eigenvalue weighted by molar-refractivity contribution is 5.94. The zero-order valence-corrected chi connectivity index (χ0v) is 14.2. The number of hydrogen-bond donors (Lipinski definition) is 1. The molecule has 26 heavy (non-hydrogen) atoms. The SMILES string of the molecule is O=C(c1cncc(O)c1)N1CCN2C(=O)OCC2(Cc2ccccc2)C1. The molecule has 0 aliphatic carbocycles. The maximum atomic E-state index is 12.8. The van der Waals surface area contributed by atoms with Gasteiger partial charge in [0.1, 0.15) is 17.9 Å². The molecule has 2 amide bonds. The third-order valence-electron chi connectivity index (χ3n) is 4.97. The summed E-state index contributed by atoms with van der Waals surface area (Å²) < 4.78 is 5.33. The molecule has 2 aromatic rings. The maximum absolute atomic E-state index is 12.8. The van der Waals surface area contributed by atoms with E-state index in [0.29, 0.717) is 31.6 Å².